The van der Waals surface area contributed by atoms with Gasteiger partial charge < -0.3 is 14.6 Å². The van der Waals surface area contributed by atoms with Gasteiger partial charge in [0.15, 0.2) is 0 Å². The van der Waals surface area contributed by atoms with Gasteiger partial charge in [0.1, 0.15) is 0 Å². The fourth-order valence-electron chi connectivity index (χ4n) is 2.44. The summed E-state index contributed by atoms with van der Waals surface area (Å²) in [5.41, 5.74) is -4.02. The molecule has 3 unspecified atom stereocenters. The van der Waals surface area contributed by atoms with Gasteiger partial charge in [-0.1, -0.05) is 20.3 Å². The molecule has 1 saturated heterocycles. The Hall–Kier alpha value is -0.960. The number of carbonyl (C=O) groups is 1. The van der Waals surface area contributed by atoms with Crippen LogP contribution in [0.3, 0.4) is 0 Å². The molecule has 0 aromatic rings. The van der Waals surface area contributed by atoms with Crippen molar-refractivity contribution in [2.24, 2.45) is 5.41 Å². The Bertz CT molecular complexity index is 467. The van der Waals surface area contributed by atoms with Crippen LogP contribution < -0.4 is 0 Å². The predicted molar refractivity (Wildman–Crippen MR) is 69.7 cm³/mol. The first-order valence-corrected chi connectivity index (χ1v) is 7.25. The van der Waals surface area contributed by atoms with Crippen LogP contribution in [0.25, 0.3) is 0 Å². The van der Waals surface area contributed by atoms with E-state index in [1.807, 2.05) is 0 Å². The van der Waals surface area contributed by atoms with Gasteiger partial charge in [0, 0.05) is 0 Å². The van der Waals surface area contributed by atoms with Gasteiger partial charge in [-0.2, -0.15) is 22.0 Å². The molecule has 1 rings (SSSR count). The minimum Gasteiger partial charge on any atom is -0.450 e. The Balaban J connectivity index is 3.12. The zero-order chi connectivity index (χ0) is 18.3. The summed E-state index contributed by atoms with van der Waals surface area (Å²) in [7, 11) is 0. The van der Waals surface area contributed by atoms with Gasteiger partial charge >= 0.3 is 23.9 Å². The lowest BCUT2D eigenvalue weighted by atomic mass is 9.82. The molecule has 0 spiro atoms. The molecule has 1 N–H and O–H groups in total. The molecule has 1 heterocycles. The number of alkyl halides is 5. The molecular formula is C14H21F5O4. The summed E-state index contributed by atoms with van der Waals surface area (Å²) in [4.78, 5) is 12.2. The van der Waals surface area contributed by atoms with E-state index in [2.05, 4.69) is 4.74 Å². The lowest BCUT2D eigenvalue weighted by Gasteiger charge is -2.37. The van der Waals surface area contributed by atoms with Crippen LogP contribution in [0.1, 0.15) is 47.0 Å². The van der Waals surface area contributed by atoms with Crippen LogP contribution in [0, 0.1) is 5.41 Å². The third kappa shape index (κ3) is 2.93. The summed E-state index contributed by atoms with van der Waals surface area (Å²) in [6.45, 7) is 4.27. The standard InChI is InChI=1S/C14H21F5O4/c1-5-7-10(3,6-2)9(20)23-11(4)8-22-13(21,12(11,15)16)14(17,18)19/h21H,5-8H2,1-4H3. The molecule has 0 aromatic heterocycles. The average molecular weight is 348 g/mol. The first-order valence-electron chi connectivity index (χ1n) is 7.25. The van der Waals surface area contributed by atoms with E-state index in [1.165, 1.54) is 6.92 Å². The molecule has 0 aliphatic carbocycles. The quantitative estimate of drug-likeness (QED) is 0.611. The van der Waals surface area contributed by atoms with Crippen LogP contribution >= 0.6 is 0 Å². The maximum Gasteiger partial charge on any atom is 0.449 e. The Morgan fingerprint density at radius 2 is 1.83 bits per heavy atom. The van der Waals surface area contributed by atoms with Crippen molar-refractivity contribution in [3.63, 3.8) is 0 Å². The van der Waals surface area contributed by atoms with Gasteiger partial charge in [-0.15, -0.1) is 0 Å². The van der Waals surface area contributed by atoms with E-state index >= 15 is 0 Å². The monoisotopic (exact) mass is 348 g/mol. The van der Waals surface area contributed by atoms with Crippen molar-refractivity contribution < 1.29 is 41.3 Å². The van der Waals surface area contributed by atoms with E-state index < -0.39 is 41.5 Å². The van der Waals surface area contributed by atoms with Gasteiger partial charge in [0.25, 0.3) is 0 Å². The number of esters is 1. The third-order valence-corrected chi connectivity index (χ3v) is 4.42. The Labute approximate surface area is 130 Å². The van der Waals surface area contributed by atoms with Crippen LogP contribution in [0.2, 0.25) is 0 Å². The van der Waals surface area contributed by atoms with E-state index in [9.17, 15) is 31.9 Å². The number of aliphatic hydroxyl groups is 1. The number of carbonyl (C=O) groups excluding carboxylic acids is 1. The number of ether oxygens (including phenoxy) is 2. The van der Waals surface area contributed by atoms with Crippen molar-refractivity contribution >= 4 is 5.97 Å². The number of rotatable bonds is 5. The predicted octanol–water partition coefficient (Wildman–Crippen LogP) is 3.42. The SMILES string of the molecule is CCCC(C)(CC)C(=O)OC1(C)COC(O)(C(F)(F)F)C1(F)F. The van der Waals surface area contributed by atoms with Crippen molar-refractivity contribution in [3.05, 3.63) is 0 Å². The van der Waals surface area contributed by atoms with Gasteiger partial charge in [0.05, 0.1) is 12.0 Å². The molecule has 1 aliphatic rings. The number of halogens is 5. The maximum absolute atomic E-state index is 14.2. The molecule has 3 atom stereocenters. The van der Waals surface area contributed by atoms with Gasteiger partial charge in [-0.3, -0.25) is 4.79 Å². The molecule has 0 saturated carbocycles. The number of hydrogen-bond donors (Lipinski definition) is 1. The second kappa shape index (κ2) is 5.84. The zero-order valence-corrected chi connectivity index (χ0v) is 13.4. The minimum atomic E-state index is -5.74. The maximum atomic E-state index is 14.2. The second-order valence-corrected chi connectivity index (χ2v) is 6.29. The highest BCUT2D eigenvalue weighted by Crippen LogP contribution is 2.54. The summed E-state index contributed by atoms with van der Waals surface area (Å²) in [5.74, 6) is -10.6. The van der Waals surface area contributed by atoms with Crippen molar-refractivity contribution in [1.29, 1.82) is 0 Å². The average Bonchev–Trinajstić information content (AvgIpc) is 2.60. The topological polar surface area (TPSA) is 55.8 Å². The minimum absolute atomic E-state index is 0.270. The molecule has 4 nitrogen and oxygen atoms in total. The van der Waals surface area contributed by atoms with E-state index in [0.29, 0.717) is 19.8 Å². The van der Waals surface area contributed by atoms with Crippen LogP contribution in [-0.4, -0.2) is 41.2 Å². The van der Waals surface area contributed by atoms with Crippen LogP contribution in [0.4, 0.5) is 22.0 Å². The molecule has 1 aliphatic heterocycles. The van der Waals surface area contributed by atoms with E-state index in [0.717, 1.165) is 0 Å². The molecule has 0 aromatic carbocycles. The normalized spacial score (nSPS) is 33.3. The van der Waals surface area contributed by atoms with Crippen LogP contribution in [0.5, 0.6) is 0 Å². The largest absolute Gasteiger partial charge is 0.450 e. The molecule has 1 fully saturated rings. The van der Waals surface area contributed by atoms with Crippen molar-refractivity contribution in [1.82, 2.24) is 0 Å². The highest BCUT2D eigenvalue weighted by Gasteiger charge is 2.82. The molecular weight excluding hydrogens is 327 g/mol. The lowest BCUT2D eigenvalue weighted by molar-refractivity contribution is -0.409. The molecule has 0 bridgehead atoms. The van der Waals surface area contributed by atoms with Crippen molar-refractivity contribution in [2.75, 3.05) is 6.61 Å². The first kappa shape index (κ1) is 20.1. The van der Waals surface area contributed by atoms with E-state index in [1.54, 1.807) is 13.8 Å². The Kier molecular flexibility index (Phi) is 5.10. The van der Waals surface area contributed by atoms with E-state index in [-0.39, 0.29) is 6.42 Å². The second-order valence-electron chi connectivity index (χ2n) is 6.29. The van der Waals surface area contributed by atoms with E-state index in [4.69, 9.17) is 4.74 Å². The summed E-state index contributed by atoms with van der Waals surface area (Å²) in [6, 6.07) is 0. The van der Waals surface area contributed by atoms with Crippen LogP contribution in [0.15, 0.2) is 0 Å². The van der Waals surface area contributed by atoms with Gasteiger partial charge in [-0.05, 0) is 26.7 Å². The molecule has 0 amide bonds. The molecule has 136 valence electrons. The Morgan fingerprint density at radius 3 is 2.17 bits per heavy atom. The van der Waals surface area contributed by atoms with Crippen LogP contribution in [-0.2, 0) is 14.3 Å². The summed E-state index contributed by atoms with van der Waals surface area (Å²) in [5, 5.41) is 9.28. The summed E-state index contributed by atoms with van der Waals surface area (Å²) in [6.07, 6.45) is -4.58. The fourth-order valence-corrected chi connectivity index (χ4v) is 2.44. The Morgan fingerprint density at radius 1 is 1.30 bits per heavy atom. The smallest absolute Gasteiger partial charge is 0.449 e. The van der Waals surface area contributed by atoms with Crippen molar-refractivity contribution in [2.45, 2.75) is 70.4 Å². The highest BCUT2D eigenvalue weighted by atomic mass is 19.4. The molecule has 0 radical (unpaired) electrons. The summed E-state index contributed by atoms with van der Waals surface area (Å²) < 4.78 is 75.3. The summed E-state index contributed by atoms with van der Waals surface area (Å²) >= 11 is 0. The number of hydrogen-bond acceptors (Lipinski definition) is 4. The fraction of sp³-hybridized carbons (Fsp3) is 0.929. The first-order chi connectivity index (χ1) is 10.2. The van der Waals surface area contributed by atoms with Gasteiger partial charge in [0.2, 0.25) is 5.60 Å². The lowest BCUT2D eigenvalue weighted by Crippen LogP contribution is -2.63. The highest BCUT2D eigenvalue weighted by molar-refractivity contribution is 5.77. The van der Waals surface area contributed by atoms with Crippen molar-refractivity contribution in [3.8, 4) is 0 Å². The van der Waals surface area contributed by atoms with Gasteiger partial charge in [-0.25, -0.2) is 0 Å². The third-order valence-electron chi connectivity index (χ3n) is 4.42. The molecule has 23 heavy (non-hydrogen) atoms. The molecule has 9 heteroatoms. The zero-order valence-electron chi connectivity index (χ0n) is 13.4.